The van der Waals surface area contributed by atoms with Gasteiger partial charge in [-0.15, -0.1) is 0 Å². The van der Waals surface area contributed by atoms with Crippen LogP contribution in [0.4, 0.5) is 10.5 Å². The quantitative estimate of drug-likeness (QED) is 0.115. The minimum Gasteiger partial charge on any atom is -0.453 e. The molecule has 2 unspecified atom stereocenters. The van der Waals surface area contributed by atoms with Crippen LogP contribution < -0.4 is 10.2 Å². The van der Waals surface area contributed by atoms with Crippen LogP contribution in [-0.2, 0) is 19.7 Å². The number of methoxy groups -OCH3 is 1. The number of imidazole rings is 2. The average molecular weight is 811 g/mol. The lowest BCUT2D eigenvalue weighted by molar-refractivity contribution is -0.137. The van der Waals surface area contributed by atoms with E-state index in [1.165, 1.54) is 23.9 Å². The van der Waals surface area contributed by atoms with Gasteiger partial charge in [-0.25, -0.2) is 14.8 Å². The van der Waals surface area contributed by atoms with Gasteiger partial charge < -0.3 is 34.7 Å². The van der Waals surface area contributed by atoms with E-state index in [1.54, 1.807) is 0 Å². The Kier molecular flexibility index (Phi) is 11.6. The first-order chi connectivity index (χ1) is 29.0. The molecule has 60 heavy (non-hydrogen) atoms. The second kappa shape index (κ2) is 17.0. The Morgan fingerprint density at radius 1 is 0.717 bits per heavy atom. The maximum atomic E-state index is 13.8. The molecule has 2 aromatic heterocycles. The highest BCUT2D eigenvalue weighted by Crippen LogP contribution is 2.45. The Labute approximate surface area is 353 Å². The first-order valence-electron chi connectivity index (χ1n) is 21.5. The predicted octanol–water partition coefficient (Wildman–Crippen LogP) is 8.27. The van der Waals surface area contributed by atoms with Gasteiger partial charge in [0, 0.05) is 37.8 Å². The van der Waals surface area contributed by atoms with Crippen molar-refractivity contribution in [3.63, 3.8) is 0 Å². The number of alkyl carbamates (subject to hydrolysis) is 1. The molecule has 0 bridgehead atoms. The van der Waals surface area contributed by atoms with Gasteiger partial charge in [-0.3, -0.25) is 9.59 Å². The standard InChI is InChI=1S/C48H58N8O4/c1-30(2)32(5)45(57)55-22-12-20-40(55)43-49-26-38(51-43)33-14-10-16-35(24-33)48(28-54(29-48)37-18-8-7-9-19-37)36-17-11-15-34(25-36)39-27-50-44(52-39)41-21-13-23-56(41)46(58)42(31(3)4)53-47(59)60-6/h7-11,14-19,24-27,30-32,40-42H,12-13,20-23,28-29H2,1-6H3,(H,49,51)(H,50,52)(H,53,59)/t32-,40?,41?,42-/m0/s1. The molecule has 0 spiro atoms. The van der Waals surface area contributed by atoms with Crippen molar-refractivity contribution >= 4 is 23.6 Å². The van der Waals surface area contributed by atoms with Crippen LogP contribution in [0.15, 0.2) is 91.3 Å². The van der Waals surface area contributed by atoms with Crippen molar-refractivity contribution in [3.8, 4) is 22.5 Å². The number of aromatic nitrogens is 4. The van der Waals surface area contributed by atoms with Crippen molar-refractivity contribution in [1.29, 1.82) is 0 Å². The highest BCUT2D eigenvalue weighted by molar-refractivity contribution is 5.86. The molecule has 3 aromatic carbocycles. The molecule has 3 fully saturated rings. The van der Waals surface area contributed by atoms with Gasteiger partial charge in [0.15, 0.2) is 0 Å². The van der Waals surface area contributed by atoms with E-state index in [1.807, 2.05) is 43.0 Å². The highest BCUT2D eigenvalue weighted by Gasteiger charge is 2.46. The molecule has 8 rings (SSSR count). The summed E-state index contributed by atoms with van der Waals surface area (Å²) in [5, 5.41) is 2.74. The third kappa shape index (κ3) is 7.79. The lowest BCUT2D eigenvalue weighted by Crippen LogP contribution is -2.60. The number of carbonyl (C=O) groups is 3. The zero-order chi connectivity index (χ0) is 42.1. The van der Waals surface area contributed by atoms with Crippen molar-refractivity contribution < 1.29 is 19.1 Å². The van der Waals surface area contributed by atoms with Crippen molar-refractivity contribution in [3.05, 3.63) is 114 Å². The summed E-state index contributed by atoms with van der Waals surface area (Å²) >= 11 is 0. The summed E-state index contributed by atoms with van der Waals surface area (Å²) < 4.78 is 4.82. The number of ether oxygens (including phenoxy) is 1. The number of amides is 3. The number of likely N-dealkylation sites (tertiary alicyclic amines) is 2. The van der Waals surface area contributed by atoms with Crippen molar-refractivity contribution in [2.24, 2.45) is 17.8 Å². The van der Waals surface area contributed by atoms with Crippen LogP contribution in [0.2, 0.25) is 0 Å². The minimum atomic E-state index is -0.695. The molecule has 3 saturated heterocycles. The number of anilines is 1. The zero-order valence-corrected chi connectivity index (χ0v) is 35.7. The molecular formula is C48H58N8O4. The summed E-state index contributed by atoms with van der Waals surface area (Å²) in [4.78, 5) is 62.5. The molecule has 0 radical (unpaired) electrons. The van der Waals surface area contributed by atoms with E-state index in [-0.39, 0.29) is 47.1 Å². The van der Waals surface area contributed by atoms with Crippen molar-refractivity contribution in [2.45, 2.75) is 83.8 Å². The lowest BCUT2D eigenvalue weighted by Gasteiger charge is -2.52. The van der Waals surface area contributed by atoms with Gasteiger partial charge in [0.25, 0.3) is 0 Å². The Morgan fingerprint density at radius 3 is 1.75 bits per heavy atom. The van der Waals surface area contributed by atoms with Gasteiger partial charge in [0.05, 0.1) is 48.4 Å². The third-order valence-corrected chi connectivity index (χ3v) is 13.2. The van der Waals surface area contributed by atoms with Crippen LogP contribution in [0, 0.1) is 17.8 Å². The number of nitrogens with zero attached hydrogens (tertiary/aromatic N) is 5. The number of H-pyrrole nitrogens is 2. The van der Waals surface area contributed by atoms with Crippen LogP contribution in [0.5, 0.6) is 0 Å². The monoisotopic (exact) mass is 810 g/mol. The number of rotatable bonds is 12. The number of hydrogen-bond acceptors (Lipinski definition) is 7. The van der Waals surface area contributed by atoms with Gasteiger partial charge in [-0.05, 0) is 84.0 Å². The third-order valence-electron chi connectivity index (χ3n) is 13.2. The molecule has 3 N–H and O–H groups in total. The molecule has 0 saturated carbocycles. The van der Waals surface area contributed by atoms with Crippen LogP contribution in [0.25, 0.3) is 22.5 Å². The summed E-state index contributed by atoms with van der Waals surface area (Å²) in [6, 6.07) is 27.1. The summed E-state index contributed by atoms with van der Waals surface area (Å²) in [6.45, 7) is 13.0. The van der Waals surface area contributed by atoms with Crippen LogP contribution in [-0.4, -0.2) is 87.0 Å². The van der Waals surface area contributed by atoms with Gasteiger partial charge in [-0.1, -0.05) is 89.2 Å². The Hall–Kier alpha value is -5.91. The summed E-state index contributed by atoms with van der Waals surface area (Å²) in [7, 11) is 1.30. The fourth-order valence-electron chi connectivity index (χ4n) is 9.29. The van der Waals surface area contributed by atoms with Crippen LogP contribution >= 0.6 is 0 Å². The number of hydrogen-bond donors (Lipinski definition) is 3. The lowest BCUT2D eigenvalue weighted by atomic mass is 9.67. The SMILES string of the molecule is COC(=O)N[C@H](C(=O)N1CCCC1c1ncc(-c2cccc(C3(c4cccc(-c5cnc(C6CCCN6C(=O)[C@@H](C)C(C)C)[nH]5)c4)CN(c4ccccc4)C3)c2)[nH]1)C(C)C. The molecule has 4 atom stereocenters. The van der Waals surface area contributed by atoms with E-state index in [0.29, 0.717) is 6.54 Å². The highest BCUT2D eigenvalue weighted by atomic mass is 16.5. The number of carbonyl (C=O) groups excluding carboxylic acids is 3. The molecule has 12 nitrogen and oxygen atoms in total. The number of benzene rings is 3. The van der Waals surface area contributed by atoms with Crippen molar-refractivity contribution in [1.82, 2.24) is 35.1 Å². The fraction of sp³-hybridized carbons (Fsp3) is 0.438. The molecule has 0 aliphatic carbocycles. The van der Waals surface area contributed by atoms with Gasteiger partial charge >= 0.3 is 6.09 Å². The number of para-hydroxylation sites is 1. The van der Waals surface area contributed by atoms with Crippen LogP contribution in [0.3, 0.4) is 0 Å². The molecular weight excluding hydrogens is 753 g/mol. The molecule has 3 aliphatic rings. The molecule has 3 aliphatic heterocycles. The summed E-state index contributed by atoms with van der Waals surface area (Å²) in [5.74, 6) is 1.80. The van der Waals surface area contributed by atoms with Crippen LogP contribution in [0.1, 0.15) is 95.2 Å². The second-order valence-electron chi connectivity index (χ2n) is 17.6. The number of nitrogens with one attached hydrogen (secondary N) is 3. The predicted molar refractivity (Wildman–Crippen MR) is 233 cm³/mol. The van der Waals surface area contributed by atoms with E-state index in [9.17, 15) is 14.4 Å². The van der Waals surface area contributed by atoms with E-state index in [2.05, 4.69) is 113 Å². The molecule has 12 heteroatoms. The topological polar surface area (TPSA) is 140 Å². The van der Waals surface area contributed by atoms with E-state index in [4.69, 9.17) is 14.7 Å². The Morgan fingerprint density at radius 2 is 1.25 bits per heavy atom. The largest absolute Gasteiger partial charge is 0.453 e. The summed E-state index contributed by atoms with van der Waals surface area (Å²) in [6.07, 6.45) is 6.67. The second-order valence-corrected chi connectivity index (χ2v) is 17.6. The van der Waals surface area contributed by atoms with E-state index < -0.39 is 12.1 Å². The van der Waals surface area contributed by atoms with Gasteiger partial charge in [0.2, 0.25) is 11.8 Å². The molecule has 5 heterocycles. The molecule has 5 aromatic rings. The normalized spacial score (nSPS) is 19.7. The fourth-order valence-corrected chi connectivity index (χ4v) is 9.29. The van der Waals surface area contributed by atoms with Crippen molar-refractivity contribution in [2.75, 3.05) is 38.2 Å². The summed E-state index contributed by atoms with van der Waals surface area (Å²) in [5.41, 5.74) is 7.21. The van der Waals surface area contributed by atoms with E-state index >= 15 is 0 Å². The van der Waals surface area contributed by atoms with Gasteiger partial charge in [-0.2, -0.15) is 0 Å². The molecule has 3 amide bonds. The smallest absolute Gasteiger partial charge is 0.407 e. The Balaban J connectivity index is 1.08. The molecule has 314 valence electrons. The first-order valence-corrected chi connectivity index (χ1v) is 21.5. The maximum absolute atomic E-state index is 13.8. The Bertz CT molecular complexity index is 2310. The number of aromatic amines is 2. The maximum Gasteiger partial charge on any atom is 0.407 e. The first kappa shape index (κ1) is 40.9. The minimum absolute atomic E-state index is 0.0335. The average Bonchev–Trinajstić information content (AvgIpc) is 4.09. The zero-order valence-electron chi connectivity index (χ0n) is 35.7. The van der Waals surface area contributed by atoms with E-state index in [0.717, 1.165) is 79.5 Å². The van der Waals surface area contributed by atoms with Gasteiger partial charge in [0.1, 0.15) is 17.7 Å².